The van der Waals surface area contributed by atoms with Crippen molar-refractivity contribution in [2.45, 2.75) is 20.0 Å². The Morgan fingerprint density at radius 1 is 1.07 bits per heavy atom. The molecule has 1 aliphatic rings. The van der Waals surface area contributed by atoms with Crippen LogP contribution in [0.1, 0.15) is 18.1 Å². The van der Waals surface area contributed by atoms with Gasteiger partial charge >= 0.3 is 0 Å². The van der Waals surface area contributed by atoms with E-state index in [1.165, 1.54) is 0 Å². The summed E-state index contributed by atoms with van der Waals surface area (Å²) in [6, 6.07) is 13.3. The van der Waals surface area contributed by atoms with Gasteiger partial charge in [0.25, 0.3) is 0 Å². The molecule has 1 aliphatic heterocycles. The number of benzene rings is 2. The summed E-state index contributed by atoms with van der Waals surface area (Å²) in [5.74, 6) is 1.31. The van der Waals surface area contributed by atoms with Gasteiger partial charge in [0.05, 0.1) is 12.8 Å². The van der Waals surface area contributed by atoms with E-state index in [1.807, 2.05) is 36.4 Å². The zero-order chi connectivity index (χ0) is 21.3. The third-order valence-corrected chi connectivity index (χ3v) is 5.49. The summed E-state index contributed by atoms with van der Waals surface area (Å²) in [6.45, 7) is 7.97. The van der Waals surface area contributed by atoms with E-state index in [9.17, 15) is 4.39 Å². The van der Waals surface area contributed by atoms with Crippen molar-refractivity contribution in [2.75, 3.05) is 51.8 Å². The molecule has 3 rings (SSSR count). The van der Waals surface area contributed by atoms with Crippen molar-refractivity contribution in [1.82, 2.24) is 15.5 Å². The van der Waals surface area contributed by atoms with Gasteiger partial charge in [0.1, 0.15) is 11.6 Å². The van der Waals surface area contributed by atoms with Crippen LogP contribution >= 0.6 is 0 Å². The van der Waals surface area contributed by atoms with E-state index < -0.39 is 0 Å². The molecule has 0 aromatic heterocycles. The molecule has 162 valence electrons. The van der Waals surface area contributed by atoms with Crippen LogP contribution in [0.3, 0.4) is 0 Å². The lowest BCUT2D eigenvalue weighted by Crippen LogP contribution is -2.46. The van der Waals surface area contributed by atoms with Crippen LogP contribution in [0.5, 0.6) is 5.75 Å². The molecule has 7 heteroatoms. The summed E-state index contributed by atoms with van der Waals surface area (Å²) in [7, 11) is 3.38. The van der Waals surface area contributed by atoms with Gasteiger partial charge < -0.3 is 25.2 Å². The minimum absolute atomic E-state index is 0.170. The molecule has 6 nitrogen and oxygen atoms in total. The summed E-state index contributed by atoms with van der Waals surface area (Å²) in [5, 5.41) is 6.51. The second kappa shape index (κ2) is 10.8. The second-order valence-electron chi connectivity index (χ2n) is 7.30. The number of methoxy groups -OCH3 is 1. The van der Waals surface area contributed by atoms with Crippen molar-refractivity contribution in [3.63, 3.8) is 0 Å². The molecule has 0 unspecified atom stereocenters. The molecule has 1 heterocycles. The highest BCUT2D eigenvalue weighted by atomic mass is 19.1. The number of piperazine rings is 1. The van der Waals surface area contributed by atoms with Crippen LogP contribution in [0, 0.1) is 5.82 Å². The van der Waals surface area contributed by atoms with Crippen molar-refractivity contribution in [1.29, 1.82) is 0 Å². The number of ether oxygens (including phenoxy) is 1. The van der Waals surface area contributed by atoms with Gasteiger partial charge in [-0.15, -0.1) is 0 Å². The Labute approximate surface area is 178 Å². The van der Waals surface area contributed by atoms with Gasteiger partial charge in [-0.25, -0.2) is 4.39 Å². The summed E-state index contributed by atoms with van der Waals surface area (Å²) in [4.78, 5) is 8.77. The predicted molar refractivity (Wildman–Crippen MR) is 121 cm³/mol. The van der Waals surface area contributed by atoms with E-state index in [-0.39, 0.29) is 5.82 Å². The van der Waals surface area contributed by atoms with Crippen molar-refractivity contribution in [3.8, 4) is 5.75 Å². The molecule has 1 fully saturated rings. The van der Waals surface area contributed by atoms with Crippen LogP contribution in [0.25, 0.3) is 0 Å². The van der Waals surface area contributed by atoms with Gasteiger partial charge in [0.15, 0.2) is 5.96 Å². The molecule has 2 aromatic rings. The number of halogens is 1. The first-order chi connectivity index (χ1) is 14.6. The molecular formula is C23H32FN5O. The Balaban J connectivity index is 1.54. The van der Waals surface area contributed by atoms with E-state index in [2.05, 4.69) is 32.3 Å². The number of rotatable bonds is 7. The monoisotopic (exact) mass is 413 g/mol. The molecule has 30 heavy (non-hydrogen) atoms. The number of guanidine groups is 1. The van der Waals surface area contributed by atoms with Crippen LogP contribution in [0.4, 0.5) is 10.1 Å². The number of nitrogens with one attached hydrogen (secondary N) is 2. The van der Waals surface area contributed by atoms with Gasteiger partial charge in [-0.2, -0.15) is 0 Å². The smallest absolute Gasteiger partial charge is 0.191 e. The second-order valence-corrected chi connectivity index (χ2v) is 7.30. The van der Waals surface area contributed by atoms with Crippen LogP contribution in [0.2, 0.25) is 0 Å². The van der Waals surface area contributed by atoms with Gasteiger partial charge in [0, 0.05) is 51.9 Å². The third kappa shape index (κ3) is 5.63. The molecule has 1 saturated heterocycles. The van der Waals surface area contributed by atoms with Crippen LogP contribution in [-0.2, 0) is 13.1 Å². The van der Waals surface area contributed by atoms with Gasteiger partial charge in [0.2, 0.25) is 0 Å². The highest BCUT2D eigenvalue weighted by molar-refractivity contribution is 5.79. The Morgan fingerprint density at radius 2 is 1.80 bits per heavy atom. The van der Waals surface area contributed by atoms with E-state index >= 15 is 0 Å². The maximum Gasteiger partial charge on any atom is 0.191 e. The Kier molecular flexibility index (Phi) is 7.90. The summed E-state index contributed by atoms with van der Waals surface area (Å²) < 4.78 is 20.1. The van der Waals surface area contributed by atoms with Crippen molar-refractivity contribution < 1.29 is 9.13 Å². The number of hydrogen-bond donors (Lipinski definition) is 2. The highest BCUT2D eigenvalue weighted by Crippen LogP contribution is 2.22. The van der Waals surface area contributed by atoms with Crippen molar-refractivity contribution >= 4 is 11.6 Å². The first-order valence-electron chi connectivity index (χ1n) is 10.5. The first kappa shape index (κ1) is 21.9. The number of hydrogen-bond acceptors (Lipinski definition) is 4. The maximum atomic E-state index is 14.7. The predicted octanol–water partition coefficient (Wildman–Crippen LogP) is 2.84. The lowest BCUT2D eigenvalue weighted by atomic mass is 10.1. The fourth-order valence-corrected chi connectivity index (χ4v) is 3.66. The summed E-state index contributed by atoms with van der Waals surface area (Å²) in [5.41, 5.74) is 2.61. The van der Waals surface area contributed by atoms with E-state index in [0.29, 0.717) is 24.7 Å². The molecule has 0 bridgehead atoms. The Bertz CT molecular complexity index is 849. The number of nitrogens with zero attached hydrogens (tertiary/aromatic N) is 3. The van der Waals surface area contributed by atoms with E-state index in [1.54, 1.807) is 20.2 Å². The lowest BCUT2D eigenvalue weighted by molar-refractivity contribution is 0.270. The SMILES string of the molecule is CCN1CCN(c2ccc(CNC(=NC)NCc3ccccc3OC)cc2F)CC1. The number of aliphatic imine (C=N–C) groups is 1. The molecule has 0 spiro atoms. The molecular weight excluding hydrogens is 381 g/mol. The average molecular weight is 414 g/mol. The summed E-state index contributed by atoms with van der Waals surface area (Å²) >= 11 is 0. The quantitative estimate of drug-likeness (QED) is 0.540. The minimum atomic E-state index is -0.170. The van der Waals surface area contributed by atoms with Crippen LogP contribution in [0.15, 0.2) is 47.5 Å². The van der Waals surface area contributed by atoms with Crippen LogP contribution < -0.4 is 20.3 Å². The topological polar surface area (TPSA) is 52.1 Å². The average Bonchev–Trinajstić information content (AvgIpc) is 2.79. The molecule has 0 radical (unpaired) electrons. The number of para-hydroxylation sites is 1. The molecule has 0 aliphatic carbocycles. The van der Waals surface area contributed by atoms with Crippen molar-refractivity contribution in [2.24, 2.45) is 4.99 Å². The van der Waals surface area contributed by atoms with E-state index in [4.69, 9.17) is 4.74 Å². The lowest BCUT2D eigenvalue weighted by Gasteiger charge is -2.35. The van der Waals surface area contributed by atoms with Crippen LogP contribution in [-0.4, -0.2) is 57.7 Å². The zero-order valence-electron chi connectivity index (χ0n) is 18.1. The molecule has 0 amide bonds. The summed E-state index contributed by atoms with van der Waals surface area (Å²) in [6.07, 6.45) is 0. The molecule has 0 atom stereocenters. The standard InChI is InChI=1S/C23H32FN5O/c1-4-28-11-13-29(14-12-28)21-10-9-18(15-20(21)24)16-26-23(25-2)27-17-19-7-5-6-8-22(19)30-3/h5-10,15H,4,11-14,16-17H2,1-3H3,(H2,25,26,27). The normalized spacial score (nSPS) is 15.2. The Morgan fingerprint density at radius 3 is 2.47 bits per heavy atom. The largest absolute Gasteiger partial charge is 0.496 e. The highest BCUT2D eigenvalue weighted by Gasteiger charge is 2.18. The van der Waals surface area contributed by atoms with E-state index in [0.717, 1.165) is 49.6 Å². The van der Waals surface area contributed by atoms with Gasteiger partial charge in [-0.1, -0.05) is 31.2 Å². The molecule has 0 saturated carbocycles. The number of anilines is 1. The fourth-order valence-electron chi connectivity index (χ4n) is 3.66. The number of likely N-dealkylation sites (N-methyl/N-ethyl adjacent to an activating group) is 1. The molecule has 2 aromatic carbocycles. The fraction of sp³-hybridized carbons (Fsp3) is 0.435. The third-order valence-electron chi connectivity index (χ3n) is 5.49. The van der Waals surface area contributed by atoms with Gasteiger partial charge in [-0.3, -0.25) is 4.99 Å². The zero-order valence-corrected chi connectivity index (χ0v) is 18.1. The van der Waals surface area contributed by atoms with Gasteiger partial charge in [-0.05, 0) is 30.3 Å². The maximum absolute atomic E-state index is 14.7. The Hall–Kier alpha value is -2.80. The minimum Gasteiger partial charge on any atom is -0.496 e. The first-order valence-corrected chi connectivity index (χ1v) is 10.5. The molecule has 2 N–H and O–H groups in total. The van der Waals surface area contributed by atoms with Crippen molar-refractivity contribution in [3.05, 3.63) is 59.4 Å².